The lowest BCUT2D eigenvalue weighted by atomic mass is 9.94. The fraction of sp³-hybridized carbons (Fsp3) is 0.750. The van der Waals surface area contributed by atoms with Crippen molar-refractivity contribution in [3.8, 4) is 0 Å². The topological polar surface area (TPSA) is 74.8 Å². The molecular formula is C20H28N4O3S. The number of piperidine rings is 2. The second kappa shape index (κ2) is 7.63. The highest BCUT2D eigenvalue weighted by molar-refractivity contribution is 7.11. The Labute approximate surface area is 169 Å². The first kappa shape index (κ1) is 18.4. The molecule has 3 fully saturated rings. The van der Waals surface area contributed by atoms with Gasteiger partial charge in [-0.05, 0) is 44.4 Å². The number of fused-ring (bicyclic) bond motifs is 2. The zero-order valence-electron chi connectivity index (χ0n) is 16.2. The number of rotatable bonds is 2. The number of nitrogens with zero attached hydrogens (tertiary/aromatic N) is 3. The quantitative estimate of drug-likeness (QED) is 0.812. The van der Waals surface area contributed by atoms with E-state index in [1.165, 1.54) is 28.4 Å². The minimum absolute atomic E-state index is 0.0485. The zero-order valence-corrected chi connectivity index (χ0v) is 17.0. The van der Waals surface area contributed by atoms with Crippen molar-refractivity contribution >= 4 is 23.3 Å². The van der Waals surface area contributed by atoms with Crippen molar-refractivity contribution in [3.05, 3.63) is 15.6 Å². The van der Waals surface area contributed by atoms with Crippen LogP contribution in [-0.4, -0.2) is 71.7 Å². The molecule has 4 aliphatic rings. The Bertz CT molecular complexity index is 737. The van der Waals surface area contributed by atoms with Gasteiger partial charge in [-0.15, -0.1) is 11.3 Å². The van der Waals surface area contributed by atoms with Gasteiger partial charge in [0.1, 0.15) is 6.61 Å². The van der Waals surface area contributed by atoms with Crippen molar-refractivity contribution < 1.29 is 14.3 Å². The second-order valence-electron chi connectivity index (χ2n) is 8.51. The van der Waals surface area contributed by atoms with E-state index in [4.69, 9.17) is 9.72 Å². The number of ether oxygens (including phenoxy) is 1. The molecule has 8 heteroatoms. The number of urea groups is 1. The van der Waals surface area contributed by atoms with Crippen LogP contribution in [0.4, 0.5) is 4.79 Å². The SMILES string of the molecule is O=C1CO[C@H]2CCN(C(=O)N3CCC(Cc4nc5c(s4)CCC5)CC3)C[C@H]2N1. The zero-order chi connectivity index (χ0) is 19.1. The molecule has 0 unspecified atom stereocenters. The summed E-state index contributed by atoms with van der Waals surface area (Å²) in [5, 5.41) is 4.27. The van der Waals surface area contributed by atoms with Gasteiger partial charge >= 0.3 is 6.03 Å². The largest absolute Gasteiger partial charge is 0.366 e. The van der Waals surface area contributed by atoms with Gasteiger partial charge in [-0.1, -0.05) is 0 Å². The highest BCUT2D eigenvalue weighted by Gasteiger charge is 2.38. The first-order valence-corrected chi connectivity index (χ1v) is 11.4. The number of amides is 3. The van der Waals surface area contributed by atoms with Gasteiger partial charge in [0.15, 0.2) is 0 Å². The Balaban J connectivity index is 1.12. The monoisotopic (exact) mass is 404 g/mol. The van der Waals surface area contributed by atoms with E-state index < -0.39 is 0 Å². The van der Waals surface area contributed by atoms with Crippen LogP contribution in [0, 0.1) is 5.92 Å². The summed E-state index contributed by atoms with van der Waals surface area (Å²) in [4.78, 5) is 34.8. The number of nitrogens with one attached hydrogen (secondary N) is 1. The summed E-state index contributed by atoms with van der Waals surface area (Å²) < 4.78 is 5.59. The van der Waals surface area contributed by atoms with Gasteiger partial charge in [0, 0.05) is 37.5 Å². The normalized spacial score (nSPS) is 28.1. The van der Waals surface area contributed by atoms with Crippen LogP contribution in [0.25, 0.3) is 0 Å². The number of hydrogen-bond donors (Lipinski definition) is 1. The molecular weight excluding hydrogens is 376 g/mol. The molecule has 1 N–H and O–H groups in total. The number of carbonyl (C=O) groups is 2. The van der Waals surface area contributed by atoms with Crippen molar-refractivity contribution in [2.75, 3.05) is 32.8 Å². The minimum Gasteiger partial charge on any atom is -0.366 e. The predicted octanol–water partition coefficient (Wildman–Crippen LogP) is 1.60. The molecule has 0 bridgehead atoms. The maximum atomic E-state index is 13.0. The third-order valence-electron chi connectivity index (χ3n) is 6.58. The van der Waals surface area contributed by atoms with Gasteiger partial charge in [0.25, 0.3) is 0 Å². The van der Waals surface area contributed by atoms with Gasteiger partial charge in [-0.3, -0.25) is 4.79 Å². The summed E-state index contributed by atoms with van der Waals surface area (Å²) >= 11 is 1.91. The number of carbonyl (C=O) groups excluding carboxylic acids is 2. The Morgan fingerprint density at radius 1 is 1.18 bits per heavy atom. The number of hydrogen-bond acceptors (Lipinski definition) is 5. The van der Waals surface area contributed by atoms with Crippen LogP contribution in [0.1, 0.15) is 41.3 Å². The summed E-state index contributed by atoms with van der Waals surface area (Å²) in [5.74, 6) is 0.552. The molecule has 1 aromatic rings. The second-order valence-corrected chi connectivity index (χ2v) is 9.67. The van der Waals surface area contributed by atoms with Crippen molar-refractivity contribution in [1.82, 2.24) is 20.1 Å². The molecule has 0 aromatic carbocycles. The Hall–Kier alpha value is -1.67. The number of aryl methyl sites for hydroxylation is 2. The third-order valence-corrected chi connectivity index (χ3v) is 7.76. The molecule has 5 rings (SSSR count). The third kappa shape index (κ3) is 3.64. The maximum Gasteiger partial charge on any atom is 0.320 e. The van der Waals surface area contributed by atoms with Crippen LogP contribution in [0.15, 0.2) is 0 Å². The molecule has 0 spiro atoms. The molecule has 4 heterocycles. The Morgan fingerprint density at radius 2 is 2.00 bits per heavy atom. The average molecular weight is 405 g/mol. The van der Waals surface area contributed by atoms with Crippen LogP contribution in [0.2, 0.25) is 0 Å². The van der Waals surface area contributed by atoms with Gasteiger partial charge in [-0.25, -0.2) is 9.78 Å². The molecule has 0 radical (unpaired) electrons. The van der Waals surface area contributed by atoms with E-state index in [0.717, 1.165) is 45.2 Å². The first-order valence-electron chi connectivity index (χ1n) is 10.6. The molecule has 0 saturated carbocycles. The average Bonchev–Trinajstić information content (AvgIpc) is 3.29. The van der Waals surface area contributed by atoms with E-state index in [2.05, 4.69) is 5.32 Å². The Kier molecular flexibility index (Phi) is 5.00. The summed E-state index contributed by atoms with van der Waals surface area (Å²) in [6.07, 6.45) is 7.64. The van der Waals surface area contributed by atoms with Crippen molar-refractivity contribution in [2.45, 2.75) is 57.1 Å². The van der Waals surface area contributed by atoms with Crippen LogP contribution in [0.5, 0.6) is 0 Å². The molecule has 28 heavy (non-hydrogen) atoms. The number of thiazole rings is 1. The smallest absolute Gasteiger partial charge is 0.320 e. The van der Waals surface area contributed by atoms with Gasteiger partial charge in [0.2, 0.25) is 5.91 Å². The van der Waals surface area contributed by atoms with Gasteiger partial charge in [-0.2, -0.15) is 0 Å². The Morgan fingerprint density at radius 3 is 2.82 bits per heavy atom. The van der Waals surface area contributed by atoms with Crippen LogP contribution >= 0.6 is 11.3 Å². The van der Waals surface area contributed by atoms with E-state index in [0.29, 0.717) is 19.0 Å². The van der Waals surface area contributed by atoms with Crippen LogP contribution in [-0.2, 0) is 28.8 Å². The van der Waals surface area contributed by atoms with Crippen molar-refractivity contribution in [3.63, 3.8) is 0 Å². The first-order chi connectivity index (χ1) is 13.7. The molecule has 7 nitrogen and oxygen atoms in total. The van der Waals surface area contributed by atoms with E-state index in [-0.39, 0.29) is 30.7 Å². The minimum atomic E-state index is -0.0791. The molecule has 3 saturated heterocycles. The molecule has 3 aliphatic heterocycles. The van der Waals surface area contributed by atoms with Gasteiger partial charge < -0.3 is 19.9 Å². The molecule has 1 aromatic heterocycles. The van der Waals surface area contributed by atoms with Gasteiger partial charge in [0.05, 0.1) is 22.8 Å². The van der Waals surface area contributed by atoms with Crippen LogP contribution in [0.3, 0.4) is 0 Å². The fourth-order valence-corrected chi connectivity index (χ4v) is 6.25. The highest BCUT2D eigenvalue weighted by atomic mass is 32.1. The predicted molar refractivity (Wildman–Crippen MR) is 105 cm³/mol. The maximum absolute atomic E-state index is 13.0. The van der Waals surface area contributed by atoms with E-state index in [1.54, 1.807) is 0 Å². The number of aromatic nitrogens is 1. The highest BCUT2D eigenvalue weighted by Crippen LogP contribution is 2.31. The lowest BCUT2D eigenvalue weighted by Gasteiger charge is -2.43. The fourth-order valence-electron chi connectivity index (χ4n) is 4.98. The summed E-state index contributed by atoms with van der Waals surface area (Å²) in [6, 6.07) is 0.0493. The lowest BCUT2D eigenvalue weighted by Crippen LogP contribution is -2.62. The van der Waals surface area contributed by atoms with Crippen molar-refractivity contribution in [2.24, 2.45) is 5.92 Å². The van der Waals surface area contributed by atoms with E-state index in [9.17, 15) is 9.59 Å². The number of morpholine rings is 1. The summed E-state index contributed by atoms with van der Waals surface area (Å²) in [7, 11) is 0. The lowest BCUT2D eigenvalue weighted by molar-refractivity contribution is -0.139. The van der Waals surface area contributed by atoms with Crippen molar-refractivity contribution in [1.29, 1.82) is 0 Å². The summed E-state index contributed by atoms with van der Waals surface area (Å²) in [6.45, 7) is 3.05. The van der Waals surface area contributed by atoms with E-state index in [1.807, 2.05) is 21.1 Å². The van der Waals surface area contributed by atoms with Crippen LogP contribution < -0.4 is 5.32 Å². The summed E-state index contributed by atoms with van der Waals surface area (Å²) in [5.41, 5.74) is 1.34. The molecule has 152 valence electrons. The standard InChI is InChI=1S/C20H28N4O3S/c25-18-12-27-16-6-9-24(11-15(16)21-18)20(26)23-7-4-13(5-8-23)10-19-22-14-2-1-3-17(14)28-19/h13,15-16H,1-12H2,(H,21,25)/t15-,16+/m1/s1. The van der Waals surface area contributed by atoms with E-state index >= 15 is 0 Å². The molecule has 1 aliphatic carbocycles. The number of likely N-dealkylation sites (tertiary alicyclic amines) is 2. The molecule has 2 atom stereocenters. The molecule has 3 amide bonds.